The Balaban J connectivity index is 1.67. The van der Waals surface area contributed by atoms with Gasteiger partial charge in [0.1, 0.15) is 24.3 Å². The molecule has 0 unspecified atom stereocenters. The minimum atomic E-state index is -4.35. The fraction of sp³-hybridized carbons (Fsp3) is 0.118. The van der Waals surface area contributed by atoms with Gasteiger partial charge in [-0.25, -0.2) is 0 Å². The van der Waals surface area contributed by atoms with E-state index in [4.69, 9.17) is 9.26 Å². The van der Waals surface area contributed by atoms with Crippen molar-refractivity contribution < 1.29 is 22.4 Å². The molecule has 0 N–H and O–H groups in total. The Hall–Kier alpha value is -2.76. The predicted octanol–water partition coefficient (Wildman–Crippen LogP) is 4.94. The Labute approximate surface area is 130 Å². The van der Waals surface area contributed by atoms with Crippen LogP contribution in [-0.4, -0.2) is 5.16 Å². The van der Waals surface area contributed by atoms with Gasteiger partial charge in [-0.2, -0.15) is 13.2 Å². The SMILES string of the molecule is FC(F)(F)c1cccc(COc2ccc(-c3ccon3)cc2)c1. The van der Waals surface area contributed by atoms with E-state index < -0.39 is 11.7 Å². The Kier molecular flexibility index (Phi) is 4.06. The maximum absolute atomic E-state index is 12.7. The van der Waals surface area contributed by atoms with E-state index in [1.54, 1.807) is 36.4 Å². The molecule has 0 spiro atoms. The first kappa shape index (κ1) is 15.1. The number of ether oxygens (including phenoxy) is 1. The number of alkyl halides is 3. The fourth-order valence-electron chi connectivity index (χ4n) is 2.09. The molecule has 1 heterocycles. The molecule has 6 heteroatoms. The molecule has 3 rings (SSSR count). The predicted molar refractivity (Wildman–Crippen MR) is 77.7 cm³/mol. The average Bonchev–Trinajstić information content (AvgIpc) is 3.07. The number of benzene rings is 2. The third-order valence-corrected chi connectivity index (χ3v) is 3.25. The van der Waals surface area contributed by atoms with Gasteiger partial charge in [-0.15, -0.1) is 0 Å². The van der Waals surface area contributed by atoms with Gasteiger partial charge in [0.05, 0.1) is 5.56 Å². The summed E-state index contributed by atoms with van der Waals surface area (Å²) < 4.78 is 48.3. The van der Waals surface area contributed by atoms with Gasteiger partial charge in [0.15, 0.2) is 0 Å². The maximum Gasteiger partial charge on any atom is 0.416 e. The molecule has 0 aliphatic rings. The molecule has 0 radical (unpaired) electrons. The lowest BCUT2D eigenvalue weighted by Gasteiger charge is -2.10. The van der Waals surface area contributed by atoms with Crippen LogP contribution in [-0.2, 0) is 12.8 Å². The van der Waals surface area contributed by atoms with Crippen LogP contribution in [0.1, 0.15) is 11.1 Å². The van der Waals surface area contributed by atoms with Crippen molar-refractivity contribution in [1.82, 2.24) is 5.16 Å². The van der Waals surface area contributed by atoms with Crippen molar-refractivity contribution in [2.75, 3.05) is 0 Å². The molecule has 0 bridgehead atoms. The molecule has 0 aliphatic carbocycles. The largest absolute Gasteiger partial charge is 0.489 e. The van der Waals surface area contributed by atoms with Gasteiger partial charge in [0.2, 0.25) is 0 Å². The van der Waals surface area contributed by atoms with Crippen LogP contribution in [0.3, 0.4) is 0 Å². The molecule has 0 saturated carbocycles. The summed E-state index contributed by atoms with van der Waals surface area (Å²) in [6.45, 7) is 0.0627. The maximum atomic E-state index is 12.7. The van der Waals surface area contributed by atoms with Crippen LogP contribution in [0.15, 0.2) is 65.4 Å². The van der Waals surface area contributed by atoms with Gasteiger partial charge in [-0.1, -0.05) is 17.3 Å². The van der Waals surface area contributed by atoms with Crippen molar-refractivity contribution >= 4 is 0 Å². The van der Waals surface area contributed by atoms with Crippen molar-refractivity contribution in [3.63, 3.8) is 0 Å². The zero-order valence-corrected chi connectivity index (χ0v) is 11.9. The highest BCUT2D eigenvalue weighted by Crippen LogP contribution is 2.30. The lowest BCUT2D eigenvalue weighted by atomic mass is 10.1. The fourth-order valence-corrected chi connectivity index (χ4v) is 2.09. The number of hydrogen-bond acceptors (Lipinski definition) is 3. The zero-order valence-electron chi connectivity index (χ0n) is 11.9. The summed E-state index contributed by atoms with van der Waals surface area (Å²) >= 11 is 0. The number of halogens is 3. The minimum Gasteiger partial charge on any atom is -0.489 e. The van der Waals surface area contributed by atoms with Gasteiger partial charge >= 0.3 is 6.18 Å². The second kappa shape index (κ2) is 6.16. The van der Waals surface area contributed by atoms with Crippen molar-refractivity contribution in [3.05, 3.63) is 72.0 Å². The van der Waals surface area contributed by atoms with E-state index in [1.165, 1.54) is 12.3 Å². The van der Waals surface area contributed by atoms with Crippen LogP contribution >= 0.6 is 0 Å². The summed E-state index contributed by atoms with van der Waals surface area (Å²) in [5.41, 5.74) is 1.35. The minimum absolute atomic E-state index is 0.0627. The van der Waals surface area contributed by atoms with Crippen molar-refractivity contribution in [3.8, 4) is 17.0 Å². The van der Waals surface area contributed by atoms with Gasteiger partial charge < -0.3 is 9.26 Å². The monoisotopic (exact) mass is 319 g/mol. The van der Waals surface area contributed by atoms with E-state index in [0.717, 1.165) is 17.7 Å². The van der Waals surface area contributed by atoms with E-state index >= 15 is 0 Å². The molecule has 0 atom stereocenters. The van der Waals surface area contributed by atoms with Crippen LogP contribution in [0.2, 0.25) is 0 Å². The molecule has 0 fully saturated rings. The highest BCUT2D eigenvalue weighted by atomic mass is 19.4. The topological polar surface area (TPSA) is 35.3 Å². The molecule has 118 valence electrons. The summed E-state index contributed by atoms with van der Waals surface area (Å²) in [7, 11) is 0. The molecule has 3 nitrogen and oxygen atoms in total. The Morgan fingerprint density at radius 3 is 2.43 bits per heavy atom. The van der Waals surface area contributed by atoms with E-state index in [2.05, 4.69) is 5.16 Å². The molecular formula is C17H12F3NO2. The third-order valence-electron chi connectivity index (χ3n) is 3.25. The van der Waals surface area contributed by atoms with Crippen LogP contribution in [0, 0.1) is 0 Å². The second-order valence-corrected chi connectivity index (χ2v) is 4.90. The highest BCUT2D eigenvalue weighted by molar-refractivity contribution is 5.59. The molecule has 0 saturated heterocycles. The molecule has 0 amide bonds. The molecule has 23 heavy (non-hydrogen) atoms. The summed E-state index contributed by atoms with van der Waals surface area (Å²) in [6, 6.07) is 13.9. The first-order valence-electron chi connectivity index (χ1n) is 6.82. The molecule has 3 aromatic rings. The normalized spacial score (nSPS) is 11.4. The van der Waals surface area contributed by atoms with E-state index in [9.17, 15) is 13.2 Å². The average molecular weight is 319 g/mol. The molecule has 2 aromatic carbocycles. The van der Waals surface area contributed by atoms with Crippen LogP contribution < -0.4 is 4.74 Å². The zero-order chi connectivity index (χ0) is 16.3. The number of rotatable bonds is 4. The van der Waals surface area contributed by atoms with Crippen molar-refractivity contribution in [2.45, 2.75) is 12.8 Å². The summed E-state index contributed by atoms with van der Waals surface area (Å²) in [4.78, 5) is 0. The summed E-state index contributed by atoms with van der Waals surface area (Å²) in [6.07, 6.45) is -2.87. The molecule has 1 aromatic heterocycles. The lowest BCUT2D eigenvalue weighted by Crippen LogP contribution is -2.06. The quantitative estimate of drug-likeness (QED) is 0.683. The van der Waals surface area contributed by atoms with Crippen molar-refractivity contribution in [2.24, 2.45) is 0 Å². The van der Waals surface area contributed by atoms with Gasteiger partial charge in [-0.05, 0) is 42.0 Å². The number of aromatic nitrogens is 1. The van der Waals surface area contributed by atoms with E-state index in [1.807, 2.05) is 0 Å². The van der Waals surface area contributed by atoms with Crippen LogP contribution in [0.4, 0.5) is 13.2 Å². The van der Waals surface area contributed by atoms with Gasteiger partial charge in [0.25, 0.3) is 0 Å². The molecular weight excluding hydrogens is 307 g/mol. The first-order chi connectivity index (χ1) is 11.0. The number of nitrogens with zero attached hydrogens (tertiary/aromatic N) is 1. The van der Waals surface area contributed by atoms with E-state index in [0.29, 0.717) is 17.0 Å². The van der Waals surface area contributed by atoms with Crippen LogP contribution in [0.5, 0.6) is 5.75 Å². The first-order valence-corrected chi connectivity index (χ1v) is 6.82. The summed E-state index contributed by atoms with van der Waals surface area (Å²) in [5, 5.41) is 3.82. The van der Waals surface area contributed by atoms with Crippen LogP contribution in [0.25, 0.3) is 11.3 Å². The Morgan fingerprint density at radius 2 is 1.78 bits per heavy atom. The van der Waals surface area contributed by atoms with Gasteiger partial charge in [0, 0.05) is 11.6 Å². The Morgan fingerprint density at radius 1 is 1.00 bits per heavy atom. The Bertz CT molecular complexity index is 765. The number of hydrogen-bond donors (Lipinski definition) is 0. The van der Waals surface area contributed by atoms with Gasteiger partial charge in [-0.3, -0.25) is 0 Å². The van der Waals surface area contributed by atoms with E-state index in [-0.39, 0.29) is 6.61 Å². The smallest absolute Gasteiger partial charge is 0.416 e. The summed E-state index contributed by atoms with van der Waals surface area (Å²) in [5.74, 6) is 0.564. The molecule has 0 aliphatic heterocycles. The van der Waals surface area contributed by atoms with Crippen molar-refractivity contribution in [1.29, 1.82) is 0 Å². The highest BCUT2D eigenvalue weighted by Gasteiger charge is 2.30. The second-order valence-electron chi connectivity index (χ2n) is 4.90. The standard InChI is InChI=1S/C17H12F3NO2/c18-17(19,20)14-3-1-2-12(10-14)11-22-15-6-4-13(5-7-15)16-8-9-23-21-16/h1-10H,11H2. The third kappa shape index (κ3) is 3.71. The lowest BCUT2D eigenvalue weighted by molar-refractivity contribution is -0.137.